The number of nitrogens with zero attached hydrogens (tertiary/aromatic N) is 3. The number of ether oxygens (including phenoxy) is 1. The van der Waals surface area contributed by atoms with Crippen molar-refractivity contribution in [2.45, 2.75) is 25.8 Å². The van der Waals surface area contributed by atoms with E-state index in [1.807, 2.05) is 36.7 Å². The van der Waals surface area contributed by atoms with E-state index in [0.29, 0.717) is 17.5 Å². The summed E-state index contributed by atoms with van der Waals surface area (Å²) >= 11 is 0. The Morgan fingerprint density at radius 2 is 1.91 bits per heavy atom. The number of hydrogen-bond acceptors (Lipinski definition) is 4. The van der Waals surface area contributed by atoms with Crippen molar-refractivity contribution in [3.63, 3.8) is 0 Å². The summed E-state index contributed by atoms with van der Waals surface area (Å²) in [7, 11) is 1.67. The number of piperidine rings is 1. The molecule has 1 N–H and O–H groups in total. The molecule has 5 heteroatoms. The number of nitrogens with one attached hydrogen (secondary N) is 1. The number of methoxy groups -OCH3 is 1. The van der Waals surface area contributed by atoms with Crippen molar-refractivity contribution in [2.24, 2.45) is 5.92 Å². The molecule has 33 heavy (non-hydrogen) atoms. The van der Waals surface area contributed by atoms with Crippen molar-refractivity contribution >= 4 is 10.9 Å². The highest BCUT2D eigenvalue weighted by atomic mass is 16.5. The summed E-state index contributed by atoms with van der Waals surface area (Å²) in [6, 6.07) is 18.9. The monoisotopic (exact) mass is 436 g/mol. The van der Waals surface area contributed by atoms with Crippen LogP contribution in [-0.2, 0) is 0 Å². The average Bonchev–Trinajstić information content (AvgIpc) is 3.27. The first kappa shape index (κ1) is 21.2. The van der Waals surface area contributed by atoms with Crippen molar-refractivity contribution in [3.05, 3.63) is 72.7 Å². The van der Waals surface area contributed by atoms with E-state index in [0.717, 1.165) is 52.0 Å². The van der Waals surface area contributed by atoms with Crippen LogP contribution in [-0.4, -0.2) is 29.8 Å². The molecule has 1 fully saturated rings. The summed E-state index contributed by atoms with van der Waals surface area (Å²) in [4.78, 5) is 4.56. The van der Waals surface area contributed by atoms with Gasteiger partial charge in [-0.25, -0.2) is 0 Å². The molecule has 2 atom stereocenters. The van der Waals surface area contributed by atoms with Crippen LogP contribution < -0.4 is 10.1 Å². The minimum atomic E-state index is 0.361. The zero-order valence-electron chi connectivity index (χ0n) is 19.1. The molecule has 0 spiro atoms. The number of hydrogen-bond donors (Lipinski definition) is 1. The fraction of sp³-hybridized carbons (Fsp3) is 0.286. The van der Waals surface area contributed by atoms with Gasteiger partial charge in [0.15, 0.2) is 0 Å². The Morgan fingerprint density at radius 3 is 2.64 bits per heavy atom. The zero-order valence-corrected chi connectivity index (χ0v) is 19.1. The highest BCUT2D eigenvalue weighted by Crippen LogP contribution is 2.37. The molecular weight excluding hydrogens is 408 g/mol. The lowest BCUT2D eigenvalue weighted by atomic mass is 9.92. The van der Waals surface area contributed by atoms with Gasteiger partial charge in [0.1, 0.15) is 5.75 Å². The molecule has 4 aromatic rings. The quantitative estimate of drug-likeness (QED) is 0.429. The lowest BCUT2D eigenvalue weighted by Gasteiger charge is -2.30. The van der Waals surface area contributed by atoms with E-state index in [2.05, 4.69) is 58.3 Å². The second-order valence-electron chi connectivity index (χ2n) is 8.83. The van der Waals surface area contributed by atoms with Crippen molar-refractivity contribution in [3.8, 4) is 34.1 Å². The van der Waals surface area contributed by atoms with E-state index in [1.54, 1.807) is 7.11 Å². The molecular formula is C28H28N4O. The Morgan fingerprint density at radius 1 is 1.09 bits per heavy atom. The van der Waals surface area contributed by atoms with Crippen LogP contribution in [0.3, 0.4) is 0 Å². The second kappa shape index (κ2) is 9.09. The van der Waals surface area contributed by atoms with E-state index in [9.17, 15) is 5.26 Å². The summed E-state index contributed by atoms with van der Waals surface area (Å²) < 4.78 is 7.69. The fourth-order valence-corrected chi connectivity index (χ4v) is 4.94. The van der Waals surface area contributed by atoms with Gasteiger partial charge in [0.05, 0.1) is 18.7 Å². The number of fused-ring (bicyclic) bond motifs is 1. The van der Waals surface area contributed by atoms with Crippen molar-refractivity contribution in [1.29, 1.82) is 5.26 Å². The minimum Gasteiger partial charge on any atom is -0.497 e. The van der Waals surface area contributed by atoms with E-state index in [4.69, 9.17) is 4.74 Å². The summed E-state index contributed by atoms with van der Waals surface area (Å²) in [5.41, 5.74) is 6.15. The van der Waals surface area contributed by atoms with E-state index in [-0.39, 0.29) is 0 Å². The Kier molecular flexibility index (Phi) is 5.85. The highest BCUT2D eigenvalue weighted by Gasteiger charge is 2.24. The molecule has 3 heterocycles. The van der Waals surface area contributed by atoms with Crippen LogP contribution in [0.15, 0.2) is 67.1 Å². The first-order chi connectivity index (χ1) is 16.2. The maximum Gasteiger partial charge on any atom is 0.118 e. The van der Waals surface area contributed by atoms with E-state index >= 15 is 0 Å². The first-order valence-corrected chi connectivity index (χ1v) is 11.5. The number of benzene rings is 2. The molecule has 5 nitrogen and oxygen atoms in total. The van der Waals surface area contributed by atoms with Gasteiger partial charge in [-0.2, -0.15) is 5.26 Å². The molecule has 1 aliphatic heterocycles. The Hall–Kier alpha value is -3.62. The SMILES string of the molecule is COc1ccc(-c2cncc(-c3cn(C(C)C4CCCNC4)c4ccc(C#N)cc34)c2)cc1. The van der Waals surface area contributed by atoms with Gasteiger partial charge < -0.3 is 14.6 Å². The van der Waals surface area contributed by atoms with Crippen LogP contribution in [0.1, 0.15) is 31.4 Å². The topological polar surface area (TPSA) is 62.9 Å². The van der Waals surface area contributed by atoms with Crippen LogP contribution in [0.5, 0.6) is 5.75 Å². The molecule has 0 amide bonds. The number of aromatic nitrogens is 2. The van der Waals surface area contributed by atoms with Gasteiger partial charge in [0.2, 0.25) is 0 Å². The highest BCUT2D eigenvalue weighted by molar-refractivity contribution is 5.97. The van der Waals surface area contributed by atoms with Gasteiger partial charge in [0, 0.05) is 52.2 Å². The third-order valence-electron chi connectivity index (χ3n) is 6.89. The van der Waals surface area contributed by atoms with Gasteiger partial charge in [-0.3, -0.25) is 4.98 Å². The van der Waals surface area contributed by atoms with Crippen LogP contribution in [0.25, 0.3) is 33.2 Å². The number of rotatable bonds is 5. The molecule has 2 aromatic carbocycles. The predicted molar refractivity (Wildman–Crippen MR) is 132 cm³/mol. The summed E-state index contributed by atoms with van der Waals surface area (Å²) in [5, 5.41) is 14.2. The van der Waals surface area contributed by atoms with Crippen LogP contribution >= 0.6 is 0 Å². The summed E-state index contributed by atoms with van der Waals surface area (Å²) in [6.45, 7) is 4.46. The average molecular weight is 437 g/mol. The third-order valence-corrected chi connectivity index (χ3v) is 6.89. The van der Waals surface area contributed by atoms with Gasteiger partial charge in [0.25, 0.3) is 0 Å². The van der Waals surface area contributed by atoms with Crippen molar-refractivity contribution < 1.29 is 4.74 Å². The minimum absolute atomic E-state index is 0.361. The maximum absolute atomic E-state index is 9.53. The molecule has 1 saturated heterocycles. The van der Waals surface area contributed by atoms with E-state index < -0.39 is 0 Å². The maximum atomic E-state index is 9.53. The fourth-order valence-electron chi connectivity index (χ4n) is 4.94. The molecule has 2 unspecified atom stereocenters. The normalized spacial score (nSPS) is 16.9. The molecule has 5 rings (SSSR count). The largest absolute Gasteiger partial charge is 0.497 e. The molecule has 1 aliphatic rings. The van der Waals surface area contributed by atoms with Gasteiger partial charge >= 0.3 is 0 Å². The lowest BCUT2D eigenvalue weighted by Crippen LogP contribution is -2.34. The van der Waals surface area contributed by atoms with Crippen molar-refractivity contribution in [1.82, 2.24) is 14.9 Å². The lowest BCUT2D eigenvalue weighted by molar-refractivity contribution is 0.284. The van der Waals surface area contributed by atoms with Gasteiger partial charge in [-0.15, -0.1) is 0 Å². The molecule has 0 saturated carbocycles. The second-order valence-corrected chi connectivity index (χ2v) is 8.83. The molecule has 2 aromatic heterocycles. The standard InChI is InChI=1S/C28H28N4O/c1-19(22-4-3-11-30-15-22)32-18-27(26-12-20(14-29)5-10-28(26)32)24-13-23(16-31-17-24)21-6-8-25(33-2)9-7-21/h5-10,12-13,16-19,22,30H,3-4,11,15H2,1-2H3. The summed E-state index contributed by atoms with van der Waals surface area (Å²) in [6.07, 6.45) is 8.50. The molecule has 0 radical (unpaired) electrons. The Bertz CT molecular complexity index is 1310. The molecule has 0 bridgehead atoms. The number of pyridine rings is 1. The Balaban J connectivity index is 1.61. The first-order valence-electron chi connectivity index (χ1n) is 11.5. The Labute approximate surface area is 194 Å². The predicted octanol–water partition coefficient (Wildman–Crippen LogP) is 5.81. The van der Waals surface area contributed by atoms with Gasteiger partial charge in [-0.05, 0) is 80.7 Å². The third kappa shape index (κ3) is 4.10. The van der Waals surface area contributed by atoms with Gasteiger partial charge in [-0.1, -0.05) is 12.1 Å². The molecule has 0 aliphatic carbocycles. The van der Waals surface area contributed by atoms with Crippen LogP contribution in [0.4, 0.5) is 0 Å². The molecule has 166 valence electrons. The number of nitriles is 1. The zero-order chi connectivity index (χ0) is 22.8. The van der Waals surface area contributed by atoms with E-state index in [1.165, 1.54) is 12.8 Å². The van der Waals surface area contributed by atoms with Crippen molar-refractivity contribution in [2.75, 3.05) is 20.2 Å². The van der Waals surface area contributed by atoms with Crippen LogP contribution in [0, 0.1) is 17.2 Å². The summed E-state index contributed by atoms with van der Waals surface area (Å²) in [5.74, 6) is 1.42. The van der Waals surface area contributed by atoms with Crippen LogP contribution in [0.2, 0.25) is 0 Å². The smallest absolute Gasteiger partial charge is 0.118 e.